The van der Waals surface area contributed by atoms with Crippen LogP contribution in [0.25, 0.3) is 0 Å². The second-order valence-electron chi connectivity index (χ2n) is 7.00. The van der Waals surface area contributed by atoms with Crippen molar-refractivity contribution in [1.29, 1.82) is 0 Å². The highest BCUT2D eigenvalue weighted by atomic mass is 79.9. The van der Waals surface area contributed by atoms with E-state index in [1.54, 1.807) is 30.3 Å². The van der Waals surface area contributed by atoms with Gasteiger partial charge in [0.25, 0.3) is 11.8 Å². The fraction of sp³-hybridized carbons (Fsp3) is 0.364. The lowest BCUT2D eigenvalue weighted by atomic mass is 10.1. The molecule has 0 radical (unpaired) electrons. The van der Waals surface area contributed by atoms with Crippen molar-refractivity contribution in [3.05, 3.63) is 63.4 Å². The molecule has 29 heavy (non-hydrogen) atoms. The van der Waals surface area contributed by atoms with E-state index in [9.17, 15) is 14.0 Å². The van der Waals surface area contributed by atoms with Gasteiger partial charge < -0.3 is 10.1 Å². The fourth-order valence-electron chi connectivity index (χ4n) is 3.35. The molecule has 1 N–H and O–H groups in total. The Morgan fingerprint density at radius 2 is 1.79 bits per heavy atom. The lowest BCUT2D eigenvalue weighted by Crippen LogP contribution is -2.31. The van der Waals surface area contributed by atoms with Crippen LogP contribution in [0.4, 0.5) is 4.39 Å². The van der Waals surface area contributed by atoms with Crippen LogP contribution in [0.15, 0.2) is 40.9 Å². The molecule has 3 rings (SSSR count). The van der Waals surface area contributed by atoms with Gasteiger partial charge in [0.05, 0.1) is 21.7 Å². The number of carbonyl (C=O) groups excluding carboxylic acids is 2. The molecule has 1 aliphatic rings. The normalized spacial score (nSPS) is 14.3. The first-order chi connectivity index (χ1) is 13.9. The van der Waals surface area contributed by atoms with E-state index < -0.39 is 0 Å². The molecule has 0 saturated carbocycles. The molecule has 1 aliphatic heterocycles. The predicted molar refractivity (Wildman–Crippen MR) is 113 cm³/mol. The summed E-state index contributed by atoms with van der Waals surface area (Å²) in [6.45, 7) is 5.51. The summed E-state index contributed by atoms with van der Waals surface area (Å²) in [6.07, 6.45) is 1.13. The molecular formula is C22H24BrFN2O3. The summed E-state index contributed by atoms with van der Waals surface area (Å²) in [7, 11) is 0. The van der Waals surface area contributed by atoms with Crippen LogP contribution < -0.4 is 10.1 Å². The number of rotatable bonds is 9. The number of fused-ring (bicyclic) bond motifs is 1. The Bertz CT molecular complexity index is 884. The van der Waals surface area contributed by atoms with Crippen LogP contribution in [-0.4, -0.2) is 35.9 Å². The van der Waals surface area contributed by atoms with Gasteiger partial charge in [-0.3, -0.25) is 14.5 Å². The lowest BCUT2D eigenvalue weighted by molar-refractivity contribution is 0.0645. The second kappa shape index (κ2) is 9.50. The van der Waals surface area contributed by atoms with E-state index in [4.69, 9.17) is 4.74 Å². The molecule has 1 heterocycles. The van der Waals surface area contributed by atoms with Gasteiger partial charge in [-0.1, -0.05) is 19.1 Å². The number of carbonyl (C=O) groups is 2. The van der Waals surface area contributed by atoms with Gasteiger partial charge in [0.1, 0.15) is 11.6 Å². The molecule has 0 spiro atoms. The monoisotopic (exact) mass is 462 g/mol. The minimum atomic E-state index is -0.330. The van der Waals surface area contributed by atoms with Crippen molar-refractivity contribution in [2.75, 3.05) is 13.1 Å². The van der Waals surface area contributed by atoms with Gasteiger partial charge in [0.2, 0.25) is 0 Å². The molecule has 0 aromatic heterocycles. The summed E-state index contributed by atoms with van der Waals surface area (Å²) in [5.41, 5.74) is 1.66. The van der Waals surface area contributed by atoms with Crippen LogP contribution in [0, 0.1) is 5.82 Å². The van der Waals surface area contributed by atoms with Crippen molar-refractivity contribution in [1.82, 2.24) is 10.2 Å². The molecule has 2 aromatic carbocycles. The third kappa shape index (κ3) is 4.67. The van der Waals surface area contributed by atoms with E-state index in [1.807, 2.05) is 13.8 Å². The van der Waals surface area contributed by atoms with Gasteiger partial charge in [-0.2, -0.15) is 0 Å². The lowest BCUT2D eigenvalue weighted by Gasteiger charge is -2.20. The maximum absolute atomic E-state index is 13.9. The van der Waals surface area contributed by atoms with E-state index in [2.05, 4.69) is 21.2 Å². The SMILES string of the molecule is CCNCc1c(O[C@@H](C)CCCN2C(=O)c3ccccc3C2=O)ccc(F)c1Br. The molecule has 5 nitrogen and oxygen atoms in total. The predicted octanol–water partition coefficient (Wildman–Crippen LogP) is 4.54. The van der Waals surface area contributed by atoms with Crippen LogP contribution in [0.2, 0.25) is 0 Å². The van der Waals surface area contributed by atoms with Crippen molar-refractivity contribution < 1.29 is 18.7 Å². The van der Waals surface area contributed by atoms with Crippen molar-refractivity contribution in [2.45, 2.75) is 39.3 Å². The van der Waals surface area contributed by atoms with Crippen molar-refractivity contribution in [3.8, 4) is 5.75 Å². The highest BCUT2D eigenvalue weighted by molar-refractivity contribution is 9.10. The Morgan fingerprint density at radius 3 is 2.41 bits per heavy atom. The zero-order chi connectivity index (χ0) is 21.0. The van der Waals surface area contributed by atoms with Crippen LogP contribution in [0.1, 0.15) is 53.0 Å². The van der Waals surface area contributed by atoms with E-state index in [0.717, 1.165) is 12.1 Å². The summed E-state index contributed by atoms with van der Waals surface area (Å²) in [6, 6.07) is 9.89. The molecule has 0 fully saturated rings. The molecule has 0 bridgehead atoms. The van der Waals surface area contributed by atoms with Crippen LogP contribution in [0.3, 0.4) is 0 Å². The molecule has 1 atom stereocenters. The van der Waals surface area contributed by atoms with Gasteiger partial charge in [-0.25, -0.2) is 4.39 Å². The van der Waals surface area contributed by atoms with E-state index >= 15 is 0 Å². The number of benzene rings is 2. The molecular weight excluding hydrogens is 439 g/mol. The smallest absolute Gasteiger partial charge is 0.261 e. The Kier molecular flexibility index (Phi) is 7.03. The highest BCUT2D eigenvalue weighted by Gasteiger charge is 2.34. The molecule has 0 unspecified atom stereocenters. The van der Waals surface area contributed by atoms with Crippen molar-refractivity contribution >= 4 is 27.7 Å². The number of imide groups is 1. The van der Waals surface area contributed by atoms with Gasteiger partial charge in [-0.15, -0.1) is 0 Å². The first-order valence-electron chi connectivity index (χ1n) is 9.73. The minimum absolute atomic E-state index is 0.150. The maximum Gasteiger partial charge on any atom is 0.261 e. The standard InChI is InChI=1S/C22H24BrFN2O3/c1-3-25-13-17-19(11-10-18(24)20(17)23)29-14(2)7-6-12-26-21(27)15-8-4-5-9-16(15)22(26)28/h4-5,8-11,14,25H,3,6-7,12-13H2,1-2H3/t14-/m0/s1. The third-order valence-corrected chi connectivity index (χ3v) is 5.76. The van der Waals surface area contributed by atoms with E-state index in [1.165, 1.54) is 11.0 Å². The number of hydrogen-bond donors (Lipinski definition) is 1. The highest BCUT2D eigenvalue weighted by Crippen LogP contribution is 2.31. The number of hydrogen-bond acceptors (Lipinski definition) is 4. The number of nitrogens with zero attached hydrogens (tertiary/aromatic N) is 1. The molecule has 0 saturated heterocycles. The average molecular weight is 463 g/mol. The Morgan fingerprint density at radius 1 is 1.14 bits per heavy atom. The van der Waals surface area contributed by atoms with Crippen molar-refractivity contribution in [3.63, 3.8) is 0 Å². The van der Waals surface area contributed by atoms with Crippen LogP contribution >= 0.6 is 15.9 Å². The van der Waals surface area contributed by atoms with E-state index in [0.29, 0.717) is 47.3 Å². The van der Waals surface area contributed by atoms with Gasteiger partial charge in [-0.05, 0) is 66.5 Å². The molecule has 154 valence electrons. The summed E-state index contributed by atoms with van der Waals surface area (Å²) in [4.78, 5) is 26.1. The number of amides is 2. The van der Waals surface area contributed by atoms with Gasteiger partial charge in [0.15, 0.2) is 0 Å². The third-order valence-electron chi connectivity index (χ3n) is 4.90. The second-order valence-corrected chi connectivity index (χ2v) is 7.79. The summed E-state index contributed by atoms with van der Waals surface area (Å²) in [5.74, 6) is -0.194. The van der Waals surface area contributed by atoms with Gasteiger partial charge in [0, 0.05) is 18.7 Å². The fourth-order valence-corrected chi connectivity index (χ4v) is 3.82. The molecule has 2 amide bonds. The van der Waals surface area contributed by atoms with E-state index in [-0.39, 0.29) is 23.7 Å². The summed E-state index contributed by atoms with van der Waals surface area (Å²) < 4.78 is 20.3. The zero-order valence-corrected chi connectivity index (χ0v) is 18.1. The molecule has 0 aliphatic carbocycles. The quantitative estimate of drug-likeness (QED) is 0.555. The van der Waals surface area contributed by atoms with Gasteiger partial charge >= 0.3 is 0 Å². The molecule has 2 aromatic rings. The number of nitrogens with one attached hydrogen (secondary N) is 1. The molecule has 7 heteroatoms. The topological polar surface area (TPSA) is 58.6 Å². The average Bonchev–Trinajstić information content (AvgIpc) is 2.95. The zero-order valence-electron chi connectivity index (χ0n) is 16.5. The van der Waals surface area contributed by atoms with Crippen LogP contribution in [0.5, 0.6) is 5.75 Å². The van der Waals surface area contributed by atoms with Crippen molar-refractivity contribution in [2.24, 2.45) is 0 Å². The number of ether oxygens (including phenoxy) is 1. The Balaban J connectivity index is 1.57. The Labute approximate surface area is 178 Å². The summed E-state index contributed by atoms with van der Waals surface area (Å²) in [5, 5.41) is 3.19. The largest absolute Gasteiger partial charge is 0.490 e. The maximum atomic E-state index is 13.9. The van der Waals surface area contributed by atoms with Crippen LogP contribution in [-0.2, 0) is 6.54 Å². The first-order valence-corrected chi connectivity index (χ1v) is 10.5. The summed E-state index contributed by atoms with van der Waals surface area (Å²) >= 11 is 3.30. The minimum Gasteiger partial charge on any atom is -0.490 e. The number of halogens is 2. The Hall–Kier alpha value is -2.25. The first kappa shape index (κ1) is 21.5.